The van der Waals surface area contributed by atoms with Gasteiger partial charge in [0.1, 0.15) is 17.9 Å². The van der Waals surface area contributed by atoms with E-state index in [-0.39, 0.29) is 5.75 Å². The zero-order valence-electron chi connectivity index (χ0n) is 15.3. The average Bonchev–Trinajstić information content (AvgIpc) is 3.10. The topological polar surface area (TPSA) is 76.4 Å². The number of guanidine groups is 1. The number of aryl methyl sites for hydroxylation is 1. The van der Waals surface area contributed by atoms with E-state index in [1.165, 1.54) is 6.07 Å². The van der Waals surface area contributed by atoms with Gasteiger partial charge in [0.2, 0.25) is 0 Å². The molecule has 1 heterocycles. The van der Waals surface area contributed by atoms with Crippen molar-refractivity contribution in [3.05, 3.63) is 42.0 Å². The number of benzene rings is 1. The molecule has 0 spiro atoms. The third-order valence-corrected chi connectivity index (χ3v) is 3.64. The molecule has 2 N–H and O–H groups in total. The quantitative estimate of drug-likeness (QED) is 0.539. The van der Waals surface area contributed by atoms with Crippen LogP contribution in [0.5, 0.6) is 5.75 Å². The summed E-state index contributed by atoms with van der Waals surface area (Å²) in [6.07, 6.45) is -1.87. The van der Waals surface area contributed by atoms with E-state index in [2.05, 4.69) is 25.8 Å². The Morgan fingerprint density at radius 3 is 2.81 bits per heavy atom. The molecule has 0 fully saturated rings. The molecule has 0 aliphatic heterocycles. The van der Waals surface area contributed by atoms with Crippen molar-refractivity contribution in [2.45, 2.75) is 32.6 Å². The predicted molar refractivity (Wildman–Crippen MR) is 95.6 cm³/mol. The number of hydrogen-bond donors (Lipinski definition) is 2. The van der Waals surface area contributed by atoms with E-state index in [4.69, 9.17) is 4.74 Å². The summed E-state index contributed by atoms with van der Waals surface area (Å²) in [6.45, 7) is 2.42. The molecule has 0 aliphatic carbocycles. The molecule has 0 bridgehead atoms. The summed E-state index contributed by atoms with van der Waals surface area (Å²) < 4.78 is 43.4. The van der Waals surface area contributed by atoms with Crippen molar-refractivity contribution in [1.29, 1.82) is 0 Å². The van der Waals surface area contributed by atoms with Crippen LogP contribution in [0.15, 0.2) is 35.6 Å². The highest BCUT2D eigenvalue weighted by atomic mass is 19.4. The first kappa shape index (κ1) is 20.5. The number of rotatable bonds is 8. The van der Waals surface area contributed by atoms with E-state index >= 15 is 0 Å². The maximum Gasteiger partial charge on any atom is 0.422 e. The molecule has 7 nitrogen and oxygen atoms in total. The van der Waals surface area contributed by atoms with Gasteiger partial charge in [0.25, 0.3) is 0 Å². The van der Waals surface area contributed by atoms with Crippen LogP contribution in [0.3, 0.4) is 0 Å². The summed E-state index contributed by atoms with van der Waals surface area (Å²) in [5.74, 6) is 1.67. The fourth-order valence-corrected chi connectivity index (χ4v) is 2.35. The van der Waals surface area contributed by atoms with E-state index in [0.29, 0.717) is 25.6 Å². The van der Waals surface area contributed by atoms with Gasteiger partial charge in [-0.1, -0.05) is 19.1 Å². The van der Waals surface area contributed by atoms with Gasteiger partial charge in [-0.25, -0.2) is 0 Å². The molecule has 0 atom stereocenters. The summed E-state index contributed by atoms with van der Waals surface area (Å²) in [7, 11) is 1.65. The predicted octanol–water partition coefficient (Wildman–Crippen LogP) is 2.15. The van der Waals surface area contributed by atoms with Crippen molar-refractivity contribution in [2.24, 2.45) is 4.99 Å². The summed E-state index contributed by atoms with van der Waals surface area (Å²) in [6, 6.07) is 6.51. The molecular formula is C17H23F3N6O. The number of aromatic nitrogens is 3. The zero-order valence-corrected chi connectivity index (χ0v) is 15.3. The zero-order chi connectivity index (χ0) is 19.7. The number of ether oxygens (including phenoxy) is 1. The Labute approximate surface area is 155 Å². The minimum Gasteiger partial charge on any atom is -0.484 e. The second-order valence-electron chi connectivity index (χ2n) is 5.70. The highest BCUT2D eigenvalue weighted by molar-refractivity contribution is 5.79. The van der Waals surface area contributed by atoms with Gasteiger partial charge in [-0.2, -0.15) is 13.2 Å². The number of alkyl halides is 3. The number of nitrogens with zero attached hydrogens (tertiary/aromatic N) is 4. The fraction of sp³-hybridized carbons (Fsp3) is 0.471. The molecule has 0 amide bonds. The Kier molecular flexibility index (Phi) is 7.44. The van der Waals surface area contributed by atoms with Gasteiger partial charge >= 0.3 is 6.18 Å². The van der Waals surface area contributed by atoms with E-state index in [9.17, 15) is 13.2 Å². The monoisotopic (exact) mass is 384 g/mol. The maximum absolute atomic E-state index is 12.2. The molecule has 0 unspecified atom stereocenters. The first-order valence-corrected chi connectivity index (χ1v) is 8.51. The SMILES string of the molecule is CCc1nncn1CCNC(=NC)NCc1cccc(OCC(F)(F)F)c1. The van der Waals surface area contributed by atoms with E-state index in [1.54, 1.807) is 31.6 Å². The second-order valence-corrected chi connectivity index (χ2v) is 5.70. The summed E-state index contributed by atoms with van der Waals surface area (Å²) in [5.41, 5.74) is 0.782. The Bertz CT molecular complexity index is 744. The van der Waals surface area contributed by atoms with Gasteiger partial charge in [-0.15, -0.1) is 10.2 Å². The van der Waals surface area contributed by atoms with Gasteiger partial charge in [0, 0.05) is 33.1 Å². The highest BCUT2D eigenvalue weighted by Crippen LogP contribution is 2.19. The van der Waals surface area contributed by atoms with Gasteiger partial charge in [0.05, 0.1) is 0 Å². The molecule has 148 valence electrons. The number of hydrogen-bond acceptors (Lipinski definition) is 4. The van der Waals surface area contributed by atoms with Crippen LogP contribution in [-0.2, 0) is 19.5 Å². The van der Waals surface area contributed by atoms with Crippen LogP contribution in [0, 0.1) is 0 Å². The fourth-order valence-electron chi connectivity index (χ4n) is 2.35. The van der Waals surface area contributed by atoms with Crippen LogP contribution in [0.1, 0.15) is 18.3 Å². The van der Waals surface area contributed by atoms with Crippen molar-refractivity contribution in [3.8, 4) is 5.75 Å². The standard InChI is InChI=1S/C17H23F3N6O/c1-3-15-25-24-12-26(15)8-7-22-16(21-2)23-10-13-5-4-6-14(9-13)27-11-17(18,19)20/h4-6,9,12H,3,7-8,10-11H2,1-2H3,(H2,21,22,23). The highest BCUT2D eigenvalue weighted by Gasteiger charge is 2.28. The molecule has 0 saturated heterocycles. The molecular weight excluding hydrogens is 361 g/mol. The van der Waals surface area contributed by atoms with Crippen molar-refractivity contribution in [1.82, 2.24) is 25.4 Å². The third kappa shape index (κ3) is 7.16. The Hall–Kier alpha value is -2.78. The lowest BCUT2D eigenvalue weighted by Crippen LogP contribution is -2.38. The molecule has 2 aromatic rings. The first-order chi connectivity index (χ1) is 12.9. The smallest absolute Gasteiger partial charge is 0.422 e. The summed E-state index contributed by atoms with van der Waals surface area (Å²) in [5, 5.41) is 14.2. The Morgan fingerprint density at radius 1 is 1.30 bits per heavy atom. The van der Waals surface area contributed by atoms with Crippen LogP contribution < -0.4 is 15.4 Å². The molecule has 0 aliphatic rings. The molecule has 10 heteroatoms. The molecule has 1 aromatic heterocycles. The van der Waals surface area contributed by atoms with Crippen molar-refractivity contribution >= 4 is 5.96 Å². The van der Waals surface area contributed by atoms with E-state index < -0.39 is 12.8 Å². The van der Waals surface area contributed by atoms with Crippen LogP contribution >= 0.6 is 0 Å². The second kappa shape index (κ2) is 9.79. The summed E-state index contributed by atoms with van der Waals surface area (Å²) >= 11 is 0. The van der Waals surface area contributed by atoms with E-state index in [1.807, 2.05) is 11.5 Å². The van der Waals surface area contributed by atoms with Gasteiger partial charge in [-0.3, -0.25) is 4.99 Å². The van der Waals surface area contributed by atoms with Crippen LogP contribution in [0.25, 0.3) is 0 Å². The largest absolute Gasteiger partial charge is 0.484 e. The van der Waals surface area contributed by atoms with Crippen molar-refractivity contribution in [3.63, 3.8) is 0 Å². The maximum atomic E-state index is 12.2. The Morgan fingerprint density at radius 2 is 2.11 bits per heavy atom. The number of halogens is 3. The lowest BCUT2D eigenvalue weighted by Gasteiger charge is -2.14. The van der Waals surface area contributed by atoms with Gasteiger partial charge < -0.3 is 19.9 Å². The van der Waals surface area contributed by atoms with Crippen LogP contribution in [0.4, 0.5) is 13.2 Å². The average molecular weight is 384 g/mol. The molecule has 0 saturated carbocycles. The summed E-state index contributed by atoms with van der Waals surface area (Å²) in [4.78, 5) is 4.13. The normalized spacial score (nSPS) is 12.1. The van der Waals surface area contributed by atoms with Gasteiger partial charge in [0.15, 0.2) is 12.6 Å². The molecule has 2 rings (SSSR count). The van der Waals surface area contributed by atoms with Gasteiger partial charge in [-0.05, 0) is 17.7 Å². The van der Waals surface area contributed by atoms with Crippen LogP contribution in [-0.4, -0.2) is 47.1 Å². The minimum absolute atomic E-state index is 0.175. The van der Waals surface area contributed by atoms with Crippen LogP contribution in [0.2, 0.25) is 0 Å². The molecule has 1 aromatic carbocycles. The molecule has 0 radical (unpaired) electrons. The lowest BCUT2D eigenvalue weighted by molar-refractivity contribution is -0.153. The minimum atomic E-state index is -4.36. The third-order valence-electron chi connectivity index (χ3n) is 3.64. The number of nitrogens with one attached hydrogen (secondary N) is 2. The van der Waals surface area contributed by atoms with Crippen molar-refractivity contribution < 1.29 is 17.9 Å². The van der Waals surface area contributed by atoms with E-state index in [0.717, 1.165) is 17.8 Å². The molecule has 27 heavy (non-hydrogen) atoms. The number of aliphatic imine (C=N–C) groups is 1. The van der Waals surface area contributed by atoms with Crippen molar-refractivity contribution in [2.75, 3.05) is 20.2 Å². The first-order valence-electron chi connectivity index (χ1n) is 8.51. The Balaban J connectivity index is 1.80. The lowest BCUT2D eigenvalue weighted by atomic mass is 10.2.